The van der Waals surface area contributed by atoms with Crippen LogP contribution in [0.4, 0.5) is 0 Å². The topological polar surface area (TPSA) is 42.2 Å². The Kier molecular flexibility index (Phi) is 5.12. The SMILES string of the molecule is Cc1ccc(CNC(=O)CCSC(C)(C)C)o1. The van der Waals surface area contributed by atoms with Gasteiger partial charge < -0.3 is 9.73 Å². The maximum atomic E-state index is 11.5. The fourth-order valence-corrected chi connectivity index (χ4v) is 2.20. The first-order chi connectivity index (χ1) is 7.87. The second-order valence-electron chi connectivity index (χ2n) is 5.00. The summed E-state index contributed by atoms with van der Waals surface area (Å²) >= 11 is 1.80. The second kappa shape index (κ2) is 6.15. The van der Waals surface area contributed by atoms with E-state index in [1.165, 1.54) is 0 Å². The van der Waals surface area contributed by atoms with E-state index >= 15 is 0 Å². The highest BCUT2D eigenvalue weighted by Crippen LogP contribution is 2.23. The van der Waals surface area contributed by atoms with E-state index in [9.17, 15) is 4.79 Å². The molecule has 0 radical (unpaired) electrons. The standard InChI is InChI=1S/C13H21NO2S/c1-10-5-6-11(16-10)9-14-12(15)7-8-17-13(2,3)4/h5-6H,7-9H2,1-4H3,(H,14,15). The molecule has 0 saturated carbocycles. The van der Waals surface area contributed by atoms with Crippen LogP contribution in [0.15, 0.2) is 16.5 Å². The lowest BCUT2D eigenvalue weighted by atomic mass is 10.3. The summed E-state index contributed by atoms with van der Waals surface area (Å²) in [5, 5.41) is 2.85. The Hall–Kier alpha value is -0.900. The predicted octanol–water partition coefficient (Wildman–Crippen LogP) is 3.13. The lowest BCUT2D eigenvalue weighted by Crippen LogP contribution is -2.23. The molecule has 1 rings (SSSR count). The Bertz CT molecular complexity index is 366. The van der Waals surface area contributed by atoms with Gasteiger partial charge in [0.25, 0.3) is 0 Å². The van der Waals surface area contributed by atoms with Crippen molar-refractivity contribution >= 4 is 17.7 Å². The number of rotatable bonds is 5. The molecule has 0 spiro atoms. The molecule has 1 N–H and O–H groups in total. The third kappa shape index (κ3) is 6.41. The van der Waals surface area contributed by atoms with Crippen LogP contribution in [0.2, 0.25) is 0 Å². The minimum absolute atomic E-state index is 0.0794. The lowest BCUT2D eigenvalue weighted by molar-refractivity contribution is -0.120. The van der Waals surface area contributed by atoms with Gasteiger partial charge in [0.05, 0.1) is 6.54 Å². The van der Waals surface area contributed by atoms with Crippen molar-refractivity contribution in [2.75, 3.05) is 5.75 Å². The van der Waals surface area contributed by atoms with Crippen LogP contribution in [-0.2, 0) is 11.3 Å². The van der Waals surface area contributed by atoms with Crippen LogP contribution in [-0.4, -0.2) is 16.4 Å². The highest BCUT2D eigenvalue weighted by Gasteiger charge is 2.11. The first-order valence-corrected chi connectivity index (χ1v) is 6.81. The number of carbonyl (C=O) groups excluding carboxylic acids is 1. The van der Waals surface area contributed by atoms with Gasteiger partial charge in [0.1, 0.15) is 11.5 Å². The number of carbonyl (C=O) groups is 1. The van der Waals surface area contributed by atoms with Gasteiger partial charge in [-0.15, -0.1) is 0 Å². The van der Waals surface area contributed by atoms with Gasteiger partial charge in [-0.25, -0.2) is 0 Å². The van der Waals surface area contributed by atoms with Crippen LogP contribution in [0.1, 0.15) is 38.7 Å². The Morgan fingerprint density at radius 2 is 2.12 bits per heavy atom. The summed E-state index contributed by atoms with van der Waals surface area (Å²) in [5.41, 5.74) is 0. The van der Waals surface area contributed by atoms with E-state index in [0.29, 0.717) is 13.0 Å². The Morgan fingerprint density at radius 3 is 2.65 bits per heavy atom. The van der Waals surface area contributed by atoms with Crippen molar-refractivity contribution in [3.05, 3.63) is 23.7 Å². The van der Waals surface area contributed by atoms with Gasteiger partial charge in [-0.1, -0.05) is 20.8 Å². The molecule has 0 unspecified atom stereocenters. The Morgan fingerprint density at radius 1 is 1.41 bits per heavy atom. The average Bonchev–Trinajstić information content (AvgIpc) is 2.59. The Labute approximate surface area is 107 Å². The molecule has 3 nitrogen and oxygen atoms in total. The molecule has 96 valence electrons. The quantitative estimate of drug-likeness (QED) is 0.879. The molecule has 0 fully saturated rings. The third-order valence-corrected chi connectivity index (χ3v) is 3.39. The molecule has 0 aliphatic heterocycles. The number of aryl methyl sites for hydroxylation is 1. The van der Waals surface area contributed by atoms with Crippen LogP contribution in [0.3, 0.4) is 0 Å². The lowest BCUT2D eigenvalue weighted by Gasteiger charge is -2.16. The monoisotopic (exact) mass is 255 g/mol. The van der Waals surface area contributed by atoms with E-state index in [4.69, 9.17) is 4.42 Å². The van der Waals surface area contributed by atoms with Gasteiger partial charge in [0.2, 0.25) is 5.91 Å². The van der Waals surface area contributed by atoms with Gasteiger partial charge in [-0.05, 0) is 19.1 Å². The zero-order chi connectivity index (χ0) is 12.9. The molecule has 1 amide bonds. The van der Waals surface area contributed by atoms with Crippen molar-refractivity contribution in [1.82, 2.24) is 5.32 Å². The van der Waals surface area contributed by atoms with Gasteiger partial charge in [0.15, 0.2) is 0 Å². The summed E-state index contributed by atoms with van der Waals surface area (Å²) < 4.78 is 5.59. The van der Waals surface area contributed by atoms with Crippen LogP contribution in [0.5, 0.6) is 0 Å². The van der Waals surface area contributed by atoms with Gasteiger partial charge in [-0.3, -0.25) is 4.79 Å². The number of thioether (sulfide) groups is 1. The molecule has 1 aromatic rings. The fourth-order valence-electron chi connectivity index (χ4n) is 1.30. The predicted molar refractivity (Wildman–Crippen MR) is 72.1 cm³/mol. The van der Waals surface area contributed by atoms with Gasteiger partial charge in [0, 0.05) is 16.9 Å². The number of hydrogen-bond donors (Lipinski definition) is 1. The Balaban J connectivity index is 2.18. The van der Waals surface area contributed by atoms with Crippen LogP contribution in [0, 0.1) is 6.92 Å². The molecule has 17 heavy (non-hydrogen) atoms. The number of hydrogen-bond acceptors (Lipinski definition) is 3. The minimum atomic E-state index is 0.0794. The first-order valence-electron chi connectivity index (χ1n) is 5.83. The highest BCUT2D eigenvalue weighted by atomic mass is 32.2. The van der Waals surface area contributed by atoms with E-state index in [0.717, 1.165) is 17.3 Å². The van der Waals surface area contributed by atoms with Crippen molar-refractivity contribution in [3.63, 3.8) is 0 Å². The van der Waals surface area contributed by atoms with Crippen LogP contribution >= 0.6 is 11.8 Å². The molecule has 0 aliphatic rings. The summed E-state index contributed by atoms with van der Waals surface area (Å²) in [6, 6.07) is 3.79. The first kappa shape index (κ1) is 14.2. The minimum Gasteiger partial charge on any atom is -0.465 e. The van der Waals surface area contributed by atoms with Gasteiger partial charge >= 0.3 is 0 Å². The molecule has 0 aromatic carbocycles. The molecule has 0 saturated heterocycles. The molecule has 4 heteroatoms. The average molecular weight is 255 g/mol. The molecule has 0 aliphatic carbocycles. The summed E-state index contributed by atoms with van der Waals surface area (Å²) in [6.45, 7) is 8.84. The van der Waals surface area contributed by atoms with E-state index < -0.39 is 0 Å². The fraction of sp³-hybridized carbons (Fsp3) is 0.615. The normalized spacial score (nSPS) is 11.5. The summed E-state index contributed by atoms with van der Waals surface area (Å²) in [5.74, 6) is 2.61. The highest BCUT2D eigenvalue weighted by molar-refractivity contribution is 8.00. The number of furan rings is 1. The van der Waals surface area contributed by atoms with Crippen molar-refractivity contribution in [2.45, 2.75) is 45.4 Å². The molecular weight excluding hydrogens is 234 g/mol. The summed E-state index contributed by atoms with van der Waals surface area (Å²) in [7, 11) is 0. The zero-order valence-corrected chi connectivity index (χ0v) is 11.8. The van der Waals surface area contributed by atoms with Crippen molar-refractivity contribution in [1.29, 1.82) is 0 Å². The van der Waals surface area contributed by atoms with Gasteiger partial charge in [-0.2, -0.15) is 11.8 Å². The number of nitrogens with one attached hydrogen (secondary N) is 1. The second-order valence-corrected chi connectivity index (χ2v) is 6.92. The summed E-state index contributed by atoms with van der Waals surface area (Å²) in [4.78, 5) is 11.5. The third-order valence-electron chi connectivity index (χ3n) is 2.12. The molecule has 0 atom stereocenters. The van der Waals surface area contributed by atoms with Crippen molar-refractivity contribution < 1.29 is 9.21 Å². The molecule has 1 heterocycles. The van der Waals surface area contributed by atoms with E-state index in [1.54, 1.807) is 11.8 Å². The van der Waals surface area contributed by atoms with E-state index in [2.05, 4.69) is 26.1 Å². The maximum Gasteiger partial charge on any atom is 0.221 e. The van der Waals surface area contributed by atoms with E-state index in [-0.39, 0.29) is 10.7 Å². The maximum absolute atomic E-state index is 11.5. The number of amides is 1. The van der Waals surface area contributed by atoms with Crippen LogP contribution in [0.25, 0.3) is 0 Å². The van der Waals surface area contributed by atoms with E-state index in [1.807, 2.05) is 19.1 Å². The smallest absolute Gasteiger partial charge is 0.221 e. The molecular formula is C13H21NO2S. The molecule has 1 aromatic heterocycles. The summed E-state index contributed by atoms with van der Waals surface area (Å²) in [6.07, 6.45) is 0.557. The zero-order valence-electron chi connectivity index (χ0n) is 11.0. The van der Waals surface area contributed by atoms with Crippen molar-refractivity contribution in [3.8, 4) is 0 Å². The molecule has 0 bridgehead atoms. The largest absolute Gasteiger partial charge is 0.465 e. The van der Waals surface area contributed by atoms with Crippen molar-refractivity contribution in [2.24, 2.45) is 0 Å². The van der Waals surface area contributed by atoms with Crippen LogP contribution < -0.4 is 5.32 Å².